The zero-order valence-electron chi connectivity index (χ0n) is 10.5. The van der Waals surface area contributed by atoms with E-state index in [-0.39, 0.29) is 12.0 Å². The standard InChI is InChI=1S/C11H23N3O2/c1-9(8-12)13-4-6-14(7-5-13)11(15)10(2)16-3/h9-10H,4-8,12H2,1-3H3. The highest BCUT2D eigenvalue weighted by Crippen LogP contribution is 2.07. The highest BCUT2D eigenvalue weighted by Gasteiger charge is 2.26. The predicted molar refractivity (Wildman–Crippen MR) is 63.1 cm³/mol. The molecule has 2 atom stereocenters. The molecule has 2 unspecified atom stereocenters. The minimum Gasteiger partial charge on any atom is -0.372 e. The molecule has 1 aliphatic rings. The van der Waals surface area contributed by atoms with Crippen LogP contribution in [0.1, 0.15) is 13.8 Å². The monoisotopic (exact) mass is 229 g/mol. The molecule has 1 heterocycles. The van der Waals surface area contributed by atoms with Gasteiger partial charge in [-0.05, 0) is 13.8 Å². The van der Waals surface area contributed by atoms with Crippen LogP contribution in [0.2, 0.25) is 0 Å². The van der Waals surface area contributed by atoms with Gasteiger partial charge in [0.15, 0.2) is 0 Å². The molecule has 1 fully saturated rings. The summed E-state index contributed by atoms with van der Waals surface area (Å²) in [5.41, 5.74) is 5.62. The number of nitrogens with two attached hydrogens (primary N) is 1. The van der Waals surface area contributed by atoms with Crippen molar-refractivity contribution < 1.29 is 9.53 Å². The summed E-state index contributed by atoms with van der Waals surface area (Å²) in [6, 6.07) is 0.400. The lowest BCUT2D eigenvalue weighted by Gasteiger charge is -2.38. The number of ether oxygens (including phenoxy) is 1. The molecule has 0 aromatic carbocycles. The molecule has 0 bridgehead atoms. The quantitative estimate of drug-likeness (QED) is 0.707. The molecule has 94 valence electrons. The maximum Gasteiger partial charge on any atom is 0.251 e. The first-order chi connectivity index (χ1) is 7.60. The fraction of sp³-hybridized carbons (Fsp3) is 0.909. The third kappa shape index (κ3) is 3.17. The summed E-state index contributed by atoms with van der Waals surface area (Å²) in [6.07, 6.45) is -0.335. The third-order valence-corrected chi connectivity index (χ3v) is 3.29. The Hall–Kier alpha value is -0.650. The summed E-state index contributed by atoms with van der Waals surface area (Å²) in [7, 11) is 1.56. The predicted octanol–water partition coefficient (Wildman–Crippen LogP) is -0.487. The fourth-order valence-corrected chi connectivity index (χ4v) is 1.89. The normalized spacial score (nSPS) is 21.9. The van der Waals surface area contributed by atoms with Crippen molar-refractivity contribution >= 4 is 5.91 Å². The molecule has 0 aromatic rings. The van der Waals surface area contributed by atoms with Crippen LogP contribution in [0.3, 0.4) is 0 Å². The molecule has 0 aliphatic carbocycles. The van der Waals surface area contributed by atoms with Crippen LogP contribution in [0.15, 0.2) is 0 Å². The van der Waals surface area contributed by atoms with Crippen LogP contribution in [0.5, 0.6) is 0 Å². The molecule has 0 spiro atoms. The maximum absolute atomic E-state index is 11.8. The zero-order valence-corrected chi connectivity index (χ0v) is 10.5. The maximum atomic E-state index is 11.8. The van der Waals surface area contributed by atoms with Crippen molar-refractivity contribution in [2.24, 2.45) is 5.73 Å². The van der Waals surface area contributed by atoms with Gasteiger partial charge in [-0.15, -0.1) is 0 Å². The number of carbonyl (C=O) groups is 1. The van der Waals surface area contributed by atoms with Crippen molar-refractivity contribution in [1.29, 1.82) is 0 Å². The molecule has 5 nitrogen and oxygen atoms in total. The van der Waals surface area contributed by atoms with Gasteiger partial charge in [-0.25, -0.2) is 0 Å². The van der Waals surface area contributed by atoms with Gasteiger partial charge in [0.2, 0.25) is 0 Å². The first-order valence-electron chi connectivity index (χ1n) is 5.85. The Labute approximate surface area is 97.5 Å². The van der Waals surface area contributed by atoms with Crippen molar-refractivity contribution in [2.45, 2.75) is 26.0 Å². The van der Waals surface area contributed by atoms with Crippen LogP contribution < -0.4 is 5.73 Å². The number of hydrogen-bond donors (Lipinski definition) is 1. The van der Waals surface area contributed by atoms with Crippen LogP contribution >= 0.6 is 0 Å². The second-order valence-corrected chi connectivity index (χ2v) is 4.32. The summed E-state index contributed by atoms with van der Waals surface area (Å²) in [5, 5.41) is 0. The van der Waals surface area contributed by atoms with Crippen LogP contribution in [0.4, 0.5) is 0 Å². The minimum atomic E-state index is -0.335. The zero-order chi connectivity index (χ0) is 12.1. The van der Waals surface area contributed by atoms with E-state index in [1.54, 1.807) is 14.0 Å². The average Bonchev–Trinajstić information content (AvgIpc) is 2.36. The molecule has 1 amide bonds. The lowest BCUT2D eigenvalue weighted by atomic mass is 10.2. The first-order valence-corrected chi connectivity index (χ1v) is 5.85. The van der Waals surface area contributed by atoms with E-state index in [9.17, 15) is 4.79 Å². The van der Waals surface area contributed by atoms with E-state index in [0.29, 0.717) is 12.6 Å². The van der Waals surface area contributed by atoms with Gasteiger partial charge in [0.25, 0.3) is 5.91 Å². The van der Waals surface area contributed by atoms with Crippen LogP contribution in [-0.4, -0.2) is 67.7 Å². The molecule has 0 saturated carbocycles. The van der Waals surface area contributed by atoms with E-state index in [2.05, 4.69) is 11.8 Å². The largest absolute Gasteiger partial charge is 0.372 e. The number of rotatable bonds is 4. The van der Waals surface area contributed by atoms with Crippen molar-refractivity contribution in [3.63, 3.8) is 0 Å². The van der Waals surface area contributed by atoms with Crippen molar-refractivity contribution in [3.8, 4) is 0 Å². The molecule has 0 aromatic heterocycles. The molecular weight excluding hydrogens is 206 g/mol. The Morgan fingerprint density at radius 1 is 1.31 bits per heavy atom. The third-order valence-electron chi connectivity index (χ3n) is 3.29. The number of amides is 1. The van der Waals surface area contributed by atoms with E-state index in [1.165, 1.54) is 0 Å². The van der Waals surface area contributed by atoms with Gasteiger partial charge >= 0.3 is 0 Å². The highest BCUT2D eigenvalue weighted by atomic mass is 16.5. The summed E-state index contributed by atoms with van der Waals surface area (Å²) in [5.74, 6) is 0.0857. The van der Waals surface area contributed by atoms with Gasteiger partial charge in [-0.1, -0.05) is 0 Å². The van der Waals surface area contributed by atoms with Crippen molar-refractivity contribution in [1.82, 2.24) is 9.80 Å². The number of piperazine rings is 1. The van der Waals surface area contributed by atoms with Gasteiger partial charge < -0.3 is 15.4 Å². The number of carbonyl (C=O) groups excluding carboxylic acids is 1. The summed E-state index contributed by atoms with van der Waals surface area (Å²) < 4.78 is 5.04. The molecule has 1 saturated heterocycles. The van der Waals surface area contributed by atoms with E-state index < -0.39 is 0 Å². The molecular formula is C11H23N3O2. The molecule has 16 heavy (non-hydrogen) atoms. The Morgan fingerprint density at radius 3 is 2.31 bits per heavy atom. The molecule has 1 aliphatic heterocycles. The average molecular weight is 229 g/mol. The molecule has 1 rings (SSSR count). The topological polar surface area (TPSA) is 58.8 Å². The van der Waals surface area contributed by atoms with E-state index in [1.807, 2.05) is 4.90 Å². The minimum absolute atomic E-state index is 0.0857. The van der Waals surface area contributed by atoms with Gasteiger partial charge in [-0.2, -0.15) is 0 Å². The number of hydrogen-bond acceptors (Lipinski definition) is 4. The lowest BCUT2D eigenvalue weighted by molar-refractivity contribution is -0.142. The van der Waals surface area contributed by atoms with Crippen molar-refractivity contribution in [3.05, 3.63) is 0 Å². The van der Waals surface area contributed by atoms with Crippen LogP contribution in [0, 0.1) is 0 Å². The van der Waals surface area contributed by atoms with E-state index in [0.717, 1.165) is 26.2 Å². The molecule has 5 heteroatoms. The lowest BCUT2D eigenvalue weighted by Crippen LogP contribution is -2.54. The summed E-state index contributed by atoms with van der Waals surface area (Å²) >= 11 is 0. The van der Waals surface area contributed by atoms with Gasteiger partial charge in [0.1, 0.15) is 6.10 Å². The van der Waals surface area contributed by atoms with Gasteiger partial charge in [0.05, 0.1) is 0 Å². The van der Waals surface area contributed by atoms with E-state index >= 15 is 0 Å². The summed E-state index contributed by atoms with van der Waals surface area (Å²) in [4.78, 5) is 16.0. The van der Waals surface area contributed by atoms with Crippen LogP contribution in [0.25, 0.3) is 0 Å². The molecule has 2 N–H and O–H groups in total. The Balaban J connectivity index is 2.40. The fourth-order valence-electron chi connectivity index (χ4n) is 1.89. The Morgan fingerprint density at radius 2 is 1.88 bits per heavy atom. The SMILES string of the molecule is COC(C)C(=O)N1CCN(C(C)CN)CC1. The second kappa shape index (κ2) is 6.18. The van der Waals surface area contributed by atoms with Gasteiger partial charge in [0, 0.05) is 45.9 Å². The summed E-state index contributed by atoms with van der Waals surface area (Å²) in [6.45, 7) is 7.93. The van der Waals surface area contributed by atoms with Crippen molar-refractivity contribution in [2.75, 3.05) is 39.8 Å². The van der Waals surface area contributed by atoms with Crippen LogP contribution in [-0.2, 0) is 9.53 Å². The number of nitrogens with zero attached hydrogens (tertiary/aromatic N) is 2. The van der Waals surface area contributed by atoms with Gasteiger partial charge in [-0.3, -0.25) is 9.69 Å². The first kappa shape index (κ1) is 13.4. The second-order valence-electron chi connectivity index (χ2n) is 4.32. The Bertz CT molecular complexity index is 227. The van der Waals surface area contributed by atoms with E-state index in [4.69, 9.17) is 10.5 Å². The molecule has 0 radical (unpaired) electrons. The Kier molecular flexibility index (Phi) is 5.18. The highest BCUT2D eigenvalue weighted by molar-refractivity contribution is 5.80. The number of methoxy groups -OCH3 is 1. The smallest absolute Gasteiger partial charge is 0.251 e.